The van der Waals surface area contributed by atoms with Crippen molar-refractivity contribution >= 4 is 39.2 Å². The Balaban J connectivity index is 1.38. The van der Waals surface area contributed by atoms with Crippen LogP contribution in [-0.2, 0) is 19.6 Å². The van der Waals surface area contributed by atoms with Crippen LogP contribution in [0.25, 0.3) is 0 Å². The van der Waals surface area contributed by atoms with E-state index < -0.39 is 16.1 Å². The highest BCUT2D eigenvalue weighted by Gasteiger charge is 2.30. The van der Waals surface area contributed by atoms with Crippen LogP contribution in [0.4, 0.5) is 16.2 Å². The largest absolute Gasteiger partial charge is 0.447 e. The minimum absolute atomic E-state index is 0.0728. The van der Waals surface area contributed by atoms with Gasteiger partial charge in [0.25, 0.3) is 10.0 Å². The van der Waals surface area contributed by atoms with E-state index in [2.05, 4.69) is 15.0 Å². The summed E-state index contributed by atoms with van der Waals surface area (Å²) in [6, 6.07) is 13.5. The average Bonchev–Trinajstić information content (AvgIpc) is 3.23. The molecule has 150 valence electrons. The van der Waals surface area contributed by atoms with E-state index in [4.69, 9.17) is 4.74 Å². The molecule has 4 rings (SSSR count). The SMILES string of the molecule is O=C(CCN=C1NS(=O)(=O)c2ccccc21)Nc1cccc(N2CCOC2=O)c1. The van der Waals surface area contributed by atoms with Crippen molar-refractivity contribution in [3.05, 3.63) is 54.1 Å². The highest BCUT2D eigenvalue weighted by molar-refractivity contribution is 7.90. The molecule has 29 heavy (non-hydrogen) atoms. The first-order valence-electron chi connectivity index (χ1n) is 8.95. The lowest BCUT2D eigenvalue weighted by Crippen LogP contribution is -2.23. The van der Waals surface area contributed by atoms with Crippen LogP contribution in [0.1, 0.15) is 12.0 Å². The summed E-state index contributed by atoms with van der Waals surface area (Å²) in [7, 11) is -3.60. The number of rotatable bonds is 5. The Morgan fingerprint density at radius 2 is 2.03 bits per heavy atom. The standard InChI is InChI=1S/C19H18N4O5S/c24-17(21-13-4-3-5-14(12-13)23-10-11-28-19(23)25)8-9-20-18-15-6-1-2-7-16(15)29(26,27)22-18/h1-7,12H,8-11H2,(H,20,22)(H,21,24). The average molecular weight is 414 g/mol. The molecule has 9 nitrogen and oxygen atoms in total. The van der Waals surface area contributed by atoms with Gasteiger partial charge in [0.05, 0.1) is 18.0 Å². The second-order valence-corrected chi connectivity index (χ2v) is 8.10. The molecule has 2 aliphatic rings. The molecule has 0 aromatic heterocycles. The Hall–Kier alpha value is -3.40. The third kappa shape index (κ3) is 3.92. The molecule has 0 atom stereocenters. The molecule has 2 aromatic carbocycles. The summed E-state index contributed by atoms with van der Waals surface area (Å²) in [6.07, 6.45) is -0.341. The Kier molecular flexibility index (Phi) is 4.93. The number of amides is 2. The molecule has 0 aliphatic carbocycles. The molecular formula is C19H18N4O5S. The Labute approximate surface area is 167 Å². The van der Waals surface area contributed by atoms with Crippen LogP contribution < -0.4 is 14.9 Å². The number of ether oxygens (including phenoxy) is 1. The first-order valence-corrected chi connectivity index (χ1v) is 10.4. The van der Waals surface area contributed by atoms with E-state index in [0.29, 0.717) is 30.1 Å². The summed E-state index contributed by atoms with van der Waals surface area (Å²) in [5.41, 5.74) is 1.69. The zero-order chi connectivity index (χ0) is 20.4. The predicted octanol–water partition coefficient (Wildman–Crippen LogP) is 1.71. The number of amidine groups is 1. The summed E-state index contributed by atoms with van der Waals surface area (Å²) in [6.45, 7) is 0.921. The van der Waals surface area contributed by atoms with Gasteiger partial charge in [-0.2, -0.15) is 0 Å². The Morgan fingerprint density at radius 1 is 1.21 bits per heavy atom. The first-order chi connectivity index (χ1) is 13.9. The third-order valence-electron chi connectivity index (χ3n) is 4.47. The molecule has 0 unspecified atom stereocenters. The second kappa shape index (κ2) is 7.55. The van der Waals surface area contributed by atoms with Crippen molar-refractivity contribution in [1.29, 1.82) is 0 Å². The van der Waals surface area contributed by atoms with Crippen LogP contribution in [0.15, 0.2) is 58.4 Å². The van der Waals surface area contributed by atoms with Gasteiger partial charge < -0.3 is 10.1 Å². The number of sulfonamides is 1. The number of hydrogen-bond donors (Lipinski definition) is 2. The van der Waals surface area contributed by atoms with Crippen molar-refractivity contribution < 1.29 is 22.7 Å². The smallest absolute Gasteiger partial charge is 0.414 e. The zero-order valence-corrected chi connectivity index (χ0v) is 16.1. The minimum atomic E-state index is -3.60. The van der Waals surface area contributed by atoms with Crippen molar-refractivity contribution in [3.63, 3.8) is 0 Å². The second-order valence-electron chi connectivity index (χ2n) is 6.45. The van der Waals surface area contributed by atoms with Crippen LogP contribution in [0.3, 0.4) is 0 Å². The predicted molar refractivity (Wildman–Crippen MR) is 107 cm³/mol. The first kappa shape index (κ1) is 18.9. The van der Waals surface area contributed by atoms with Gasteiger partial charge in [0.1, 0.15) is 12.4 Å². The molecule has 0 spiro atoms. The topological polar surface area (TPSA) is 117 Å². The van der Waals surface area contributed by atoms with Crippen molar-refractivity contribution in [3.8, 4) is 0 Å². The van der Waals surface area contributed by atoms with E-state index in [1.165, 1.54) is 11.0 Å². The molecule has 2 N–H and O–H groups in total. The van der Waals surface area contributed by atoms with Gasteiger partial charge in [-0.25, -0.2) is 13.2 Å². The molecule has 1 fully saturated rings. The van der Waals surface area contributed by atoms with E-state index in [-0.39, 0.29) is 29.6 Å². The van der Waals surface area contributed by atoms with Gasteiger partial charge in [-0.3, -0.25) is 19.4 Å². The van der Waals surface area contributed by atoms with Crippen LogP contribution in [-0.4, -0.2) is 46.0 Å². The molecule has 2 aromatic rings. The number of aliphatic imine (C=N–C) groups is 1. The number of carbonyl (C=O) groups excluding carboxylic acids is 2. The lowest BCUT2D eigenvalue weighted by atomic mass is 10.2. The monoisotopic (exact) mass is 414 g/mol. The maximum absolute atomic E-state index is 12.2. The highest BCUT2D eigenvalue weighted by atomic mass is 32.2. The van der Waals surface area contributed by atoms with Crippen molar-refractivity contribution in [2.75, 3.05) is 29.9 Å². The van der Waals surface area contributed by atoms with Gasteiger partial charge in [-0.05, 0) is 30.3 Å². The quantitative estimate of drug-likeness (QED) is 0.772. The van der Waals surface area contributed by atoms with E-state index in [1.807, 2.05) is 0 Å². The van der Waals surface area contributed by atoms with Crippen molar-refractivity contribution in [1.82, 2.24) is 4.72 Å². The zero-order valence-electron chi connectivity index (χ0n) is 15.3. The number of hydrogen-bond acceptors (Lipinski definition) is 6. The molecule has 2 heterocycles. The summed E-state index contributed by atoms with van der Waals surface area (Å²) in [5, 5.41) is 2.76. The summed E-state index contributed by atoms with van der Waals surface area (Å²) in [4.78, 5) is 29.8. The summed E-state index contributed by atoms with van der Waals surface area (Å²) < 4.78 is 31.4. The van der Waals surface area contributed by atoms with Crippen LogP contribution in [0, 0.1) is 0 Å². The molecule has 0 saturated carbocycles. The Morgan fingerprint density at radius 3 is 2.83 bits per heavy atom. The maximum atomic E-state index is 12.2. The number of anilines is 2. The number of benzene rings is 2. The maximum Gasteiger partial charge on any atom is 0.414 e. The van der Waals surface area contributed by atoms with E-state index in [0.717, 1.165) is 0 Å². The van der Waals surface area contributed by atoms with E-state index >= 15 is 0 Å². The normalized spacial score (nSPS) is 18.3. The van der Waals surface area contributed by atoms with Gasteiger partial charge in [0.2, 0.25) is 5.91 Å². The third-order valence-corrected chi connectivity index (χ3v) is 5.87. The molecule has 0 radical (unpaired) electrons. The highest BCUT2D eigenvalue weighted by Crippen LogP contribution is 2.23. The molecular weight excluding hydrogens is 396 g/mol. The molecule has 2 amide bonds. The van der Waals surface area contributed by atoms with Gasteiger partial charge in [-0.1, -0.05) is 18.2 Å². The van der Waals surface area contributed by atoms with Crippen molar-refractivity contribution in [2.24, 2.45) is 4.99 Å². The van der Waals surface area contributed by atoms with Crippen LogP contribution in [0.2, 0.25) is 0 Å². The lowest BCUT2D eigenvalue weighted by molar-refractivity contribution is -0.116. The van der Waals surface area contributed by atoms with Gasteiger partial charge >= 0.3 is 6.09 Å². The summed E-state index contributed by atoms with van der Waals surface area (Å²) in [5.74, 6) is -0.0346. The molecule has 2 aliphatic heterocycles. The number of nitrogens with zero attached hydrogens (tertiary/aromatic N) is 2. The van der Waals surface area contributed by atoms with Gasteiger partial charge in [0, 0.05) is 23.4 Å². The van der Waals surface area contributed by atoms with E-state index in [9.17, 15) is 18.0 Å². The number of fused-ring (bicyclic) bond motifs is 1. The fourth-order valence-electron chi connectivity index (χ4n) is 3.12. The number of carbonyl (C=O) groups is 2. The molecule has 10 heteroatoms. The fourth-order valence-corrected chi connectivity index (χ4v) is 4.37. The van der Waals surface area contributed by atoms with Gasteiger partial charge in [0.15, 0.2) is 0 Å². The number of nitrogens with one attached hydrogen (secondary N) is 2. The Bertz CT molecular complexity index is 1110. The van der Waals surface area contributed by atoms with Gasteiger partial charge in [-0.15, -0.1) is 0 Å². The summed E-state index contributed by atoms with van der Waals surface area (Å²) >= 11 is 0. The van der Waals surface area contributed by atoms with Crippen LogP contribution in [0.5, 0.6) is 0 Å². The fraction of sp³-hybridized carbons (Fsp3) is 0.211. The molecule has 1 saturated heterocycles. The lowest BCUT2D eigenvalue weighted by Gasteiger charge is -2.14. The van der Waals surface area contributed by atoms with E-state index in [1.54, 1.807) is 42.5 Å². The minimum Gasteiger partial charge on any atom is -0.447 e. The number of cyclic esters (lactones) is 1. The van der Waals surface area contributed by atoms with Crippen molar-refractivity contribution in [2.45, 2.75) is 11.3 Å². The van der Waals surface area contributed by atoms with Crippen LogP contribution >= 0.6 is 0 Å². The molecule has 0 bridgehead atoms.